The number of rotatable bonds is 4. The van der Waals surface area contributed by atoms with Gasteiger partial charge in [0.05, 0.1) is 0 Å². The van der Waals surface area contributed by atoms with E-state index in [1.54, 1.807) is 0 Å². The number of hydrogen-bond donors (Lipinski definition) is 2. The van der Waals surface area contributed by atoms with Crippen LogP contribution in [0.5, 0.6) is 0 Å². The normalized spacial score (nSPS) is 11.2. The summed E-state index contributed by atoms with van der Waals surface area (Å²) >= 11 is 0. The van der Waals surface area contributed by atoms with Crippen LogP contribution in [0.1, 0.15) is 32.3 Å². The molecule has 100 valence electrons. The van der Waals surface area contributed by atoms with E-state index in [2.05, 4.69) is 20.6 Å². The summed E-state index contributed by atoms with van der Waals surface area (Å²) in [5.41, 5.74) is 0.589. The molecule has 0 bridgehead atoms. The number of nitrogens with zero attached hydrogens (tertiary/aromatic N) is 2. The molecule has 1 amide bonds. The molecule has 5 nitrogen and oxygen atoms in total. The smallest absolute Gasteiger partial charge is 0.225 e. The van der Waals surface area contributed by atoms with Crippen LogP contribution in [-0.2, 0) is 4.79 Å². The number of carbonyl (C=O) groups is 1. The number of anilines is 1. The van der Waals surface area contributed by atoms with Crippen molar-refractivity contribution in [1.82, 2.24) is 15.3 Å². The zero-order valence-corrected chi connectivity index (χ0v) is 11.8. The lowest BCUT2D eigenvalue weighted by Gasteiger charge is -2.17. The average Bonchev–Trinajstić information content (AvgIpc) is 2.21. The van der Waals surface area contributed by atoms with Gasteiger partial charge >= 0.3 is 0 Å². The van der Waals surface area contributed by atoms with Crippen molar-refractivity contribution in [1.29, 1.82) is 0 Å². The summed E-state index contributed by atoms with van der Waals surface area (Å²) in [6, 6.07) is 1.89. The maximum Gasteiger partial charge on any atom is 0.225 e. The molecule has 0 fully saturated rings. The minimum absolute atomic E-state index is 0.0550. The van der Waals surface area contributed by atoms with E-state index in [9.17, 15) is 4.79 Å². The van der Waals surface area contributed by atoms with E-state index in [0.717, 1.165) is 17.3 Å². The molecule has 2 N–H and O–H groups in total. The van der Waals surface area contributed by atoms with Crippen LogP contribution in [0, 0.1) is 19.3 Å². The fourth-order valence-corrected chi connectivity index (χ4v) is 1.44. The van der Waals surface area contributed by atoms with Crippen molar-refractivity contribution in [3.05, 3.63) is 17.6 Å². The van der Waals surface area contributed by atoms with E-state index in [0.29, 0.717) is 13.1 Å². The van der Waals surface area contributed by atoms with Crippen molar-refractivity contribution in [3.8, 4) is 0 Å². The second-order valence-electron chi connectivity index (χ2n) is 5.37. The monoisotopic (exact) mass is 250 g/mol. The minimum Gasteiger partial charge on any atom is -0.368 e. The predicted octanol–water partition coefficient (Wildman–Crippen LogP) is 1.67. The number of hydrogen-bond acceptors (Lipinski definition) is 4. The van der Waals surface area contributed by atoms with Crippen molar-refractivity contribution in [3.63, 3.8) is 0 Å². The molecule has 1 rings (SSSR count). The van der Waals surface area contributed by atoms with Gasteiger partial charge in [0.15, 0.2) is 0 Å². The van der Waals surface area contributed by atoms with E-state index in [1.165, 1.54) is 0 Å². The predicted molar refractivity (Wildman–Crippen MR) is 72.5 cm³/mol. The van der Waals surface area contributed by atoms with Crippen molar-refractivity contribution < 1.29 is 4.79 Å². The second kappa shape index (κ2) is 5.80. The molecule has 0 aliphatic rings. The maximum absolute atomic E-state index is 11.6. The van der Waals surface area contributed by atoms with Gasteiger partial charge in [-0.1, -0.05) is 20.8 Å². The third-order valence-electron chi connectivity index (χ3n) is 2.36. The van der Waals surface area contributed by atoms with Crippen molar-refractivity contribution in [2.24, 2.45) is 5.41 Å². The van der Waals surface area contributed by atoms with Crippen LogP contribution in [0.15, 0.2) is 6.07 Å². The van der Waals surface area contributed by atoms with Gasteiger partial charge in [0.2, 0.25) is 5.91 Å². The second-order valence-corrected chi connectivity index (χ2v) is 5.37. The van der Waals surface area contributed by atoms with E-state index in [4.69, 9.17) is 0 Å². The molecular weight excluding hydrogens is 228 g/mol. The first-order chi connectivity index (χ1) is 8.29. The molecule has 0 aliphatic carbocycles. The van der Waals surface area contributed by atoms with Gasteiger partial charge in [0.1, 0.15) is 11.6 Å². The molecule has 0 atom stereocenters. The van der Waals surface area contributed by atoms with E-state index >= 15 is 0 Å². The van der Waals surface area contributed by atoms with Crippen LogP contribution < -0.4 is 10.6 Å². The highest BCUT2D eigenvalue weighted by Gasteiger charge is 2.20. The Bertz CT molecular complexity index is 403. The SMILES string of the molecule is Cc1cc(NCCNC(=O)C(C)(C)C)nc(C)n1. The van der Waals surface area contributed by atoms with Gasteiger partial charge in [-0.05, 0) is 13.8 Å². The third-order valence-corrected chi connectivity index (χ3v) is 2.36. The number of amides is 1. The molecule has 18 heavy (non-hydrogen) atoms. The van der Waals surface area contributed by atoms with Gasteiger partial charge in [-0.3, -0.25) is 4.79 Å². The summed E-state index contributed by atoms with van der Waals surface area (Å²) in [7, 11) is 0. The highest BCUT2D eigenvalue weighted by atomic mass is 16.2. The lowest BCUT2D eigenvalue weighted by atomic mass is 9.96. The van der Waals surface area contributed by atoms with Gasteiger partial charge in [-0.25, -0.2) is 9.97 Å². The Morgan fingerprint density at radius 2 is 1.89 bits per heavy atom. The Hall–Kier alpha value is -1.65. The van der Waals surface area contributed by atoms with E-state index in [-0.39, 0.29) is 11.3 Å². The first-order valence-electron chi connectivity index (χ1n) is 6.13. The number of aryl methyl sites for hydroxylation is 2. The molecule has 0 unspecified atom stereocenters. The van der Waals surface area contributed by atoms with Gasteiger partial charge in [-0.15, -0.1) is 0 Å². The van der Waals surface area contributed by atoms with Gasteiger partial charge < -0.3 is 10.6 Å². The molecule has 0 spiro atoms. The van der Waals surface area contributed by atoms with Crippen molar-refractivity contribution >= 4 is 11.7 Å². The molecule has 0 saturated carbocycles. The summed E-state index contributed by atoms with van der Waals surface area (Å²) in [5.74, 6) is 1.60. The largest absolute Gasteiger partial charge is 0.368 e. The number of nitrogens with one attached hydrogen (secondary N) is 2. The number of carbonyl (C=O) groups excluding carboxylic acids is 1. The van der Waals surface area contributed by atoms with Crippen LogP contribution in [0.2, 0.25) is 0 Å². The van der Waals surface area contributed by atoms with Crippen molar-refractivity contribution in [2.75, 3.05) is 18.4 Å². The van der Waals surface area contributed by atoms with Crippen LogP contribution >= 0.6 is 0 Å². The zero-order valence-electron chi connectivity index (χ0n) is 11.8. The lowest BCUT2D eigenvalue weighted by Crippen LogP contribution is -2.37. The molecule has 1 aromatic heterocycles. The van der Waals surface area contributed by atoms with E-state index < -0.39 is 0 Å². The Kier molecular flexibility index (Phi) is 4.64. The van der Waals surface area contributed by atoms with Gasteiger partial charge in [-0.2, -0.15) is 0 Å². The first kappa shape index (κ1) is 14.4. The molecule has 5 heteroatoms. The summed E-state index contributed by atoms with van der Waals surface area (Å²) in [6.45, 7) is 10.7. The van der Waals surface area contributed by atoms with Crippen LogP contribution in [0.25, 0.3) is 0 Å². The molecule has 0 aliphatic heterocycles. The fourth-order valence-electron chi connectivity index (χ4n) is 1.44. The zero-order chi connectivity index (χ0) is 13.8. The average molecular weight is 250 g/mol. The summed E-state index contributed by atoms with van der Waals surface area (Å²) < 4.78 is 0. The van der Waals surface area contributed by atoms with E-state index in [1.807, 2.05) is 40.7 Å². The molecule has 1 heterocycles. The first-order valence-corrected chi connectivity index (χ1v) is 6.13. The number of aromatic nitrogens is 2. The quantitative estimate of drug-likeness (QED) is 0.798. The maximum atomic E-state index is 11.6. The Morgan fingerprint density at radius 3 is 2.44 bits per heavy atom. The highest BCUT2D eigenvalue weighted by molar-refractivity contribution is 5.81. The third kappa shape index (κ3) is 4.69. The van der Waals surface area contributed by atoms with Crippen LogP contribution in [-0.4, -0.2) is 29.0 Å². The Balaban J connectivity index is 2.36. The molecular formula is C13H22N4O. The van der Waals surface area contributed by atoms with Gasteiger partial charge in [0, 0.05) is 30.3 Å². The standard InChI is InChI=1S/C13H22N4O/c1-9-8-11(17-10(2)16-9)14-6-7-15-12(18)13(3,4)5/h8H,6-7H2,1-5H3,(H,15,18)(H,14,16,17). The Labute approximate surface area is 108 Å². The Morgan fingerprint density at radius 1 is 1.22 bits per heavy atom. The molecule has 0 aromatic carbocycles. The molecule has 1 aromatic rings. The van der Waals surface area contributed by atoms with Crippen LogP contribution in [0.4, 0.5) is 5.82 Å². The summed E-state index contributed by atoms with van der Waals surface area (Å²) in [6.07, 6.45) is 0. The minimum atomic E-state index is -0.345. The molecule has 0 radical (unpaired) electrons. The van der Waals surface area contributed by atoms with Crippen LogP contribution in [0.3, 0.4) is 0 Å². The fraction of sp³-hybridized carbons (Fsp3) is 0.615. The lowest BCUT2D eigenvalue weighted by molar-refractivity contribution is -0.128. The topological polar surface area (TPSA) is 66.9 Å². The van der Waals surface area contributed by atoms with Crippen molar-refractivity contribution in [2.45, 2.75) is 34.6 Å². The summed E-state index contributed by atoms with van der Waals surface area (Å²) in [4.78, 5) is 20.1. The highest BCUT2D eigenvalue weighted by Crippen LogP contribution is 2.12. The molecule has 0 saturated heterocycles. The summed E-state index contributed by atoms with van der Waals surface area (Å²) in [5, 5.41) is 6.04. The van der Waals surface area contributed by atoms with Gasteiger partial charge in [0.25, 0.3) is 0 Å².